The quantitative estimate of drug-likeness (QED) is 0.191. The molecule has 2 amide bonds. The fraction of sp³-hybridized carbons (Fsp3) is 0.348. The van der Waals surface area contributed by atoms with Gasteiger partial charge in [0.1, 0.15) is 11.6 Å². The van der Waals surface area contributed by atoms with Crippen LogP contribution in [0, 0.1) is 11.6 Å². The van der Waals surface area contributed by atoms with Crippen molar-refractivity contribution in [2.75, 3.05) is 10.6 Å². The Kier molecular flexibility index (Phi) is 10.1. The summed E-state index contributed by atoms with van der Waals surface area (Å²) in [5.41, 5.74) is 1.04. The molecule has 31 heavy (non-hydrogen) atoms. The van der Waals surface area contributed by atoms with Crippen LogP contribution in [0.25, 0.3) is 0 Å². The van der Waals surface area contributed by atoms with Gasteiger partial charge in [0.2, 0.25) is 5.91 Å². The number of amides is 2. The highest BCUT2D eigenvalue weighted by Crippen LogP contribution is 2.15. The summed E-state index contributed by atoms with van der Waals surface area (Å²) in [6.45, 7) is 2.17. The van der Waals surface area contributed by atoms with Crippen molar-refractivity contribution in [1.29, 1.82) is 0 Å². The zero-order chi connectivity index (χ0) is 22.5. The highest BCUT2D eigenvalue weighted by Gasteiger charge is 2.06. The highest BCUT2D eigenvalue weighted by atomic mass is 19.1. The van der Waals surface area contributed by atoms with Gasteiger partial charge in [0, 0.05) is 29.4 Å². The molecule has 0 radical (unpaired) electrons. The summed E-state index contributed by atoms with van der Waals surface area (Å²) in [4.78, 5) is 28.3. The molecule has 0 bridgehead atoms. The molecule has 2 rings (SSSR count). The molecule has 2 aromatic rings. The van der Waals surface area contributed by atoms with E-state index in [9.17, 15) is 18.4 Å². The van der Waals surface area contributed by atoms with E-state index in [4.69, 9.17) is 0 Å². The molecule has 0 unspecified atom stereocenters. The maximum absolute atomic E-state index is 13.5. The number of anilines is 2. The summed E-state index contributed by atoms with van der Waals surface area (Å²) in [7, 11) is 0. The van der Waals surface area contributed by atoms with Gasteiger partial charge < -0.3 is 5.32 Å². The van der Waals surface area contributed by atoms with Crippen LogP contribution in [0.5, 0.6) is 0 Å². The Labute approximate surface area is 180 Å². The van der Waals surface area contributed by atoms with E-state index in [0.717, 1.165) is 31.5 Å². The molecule has 0 aliphatic rings. The minimum absolute atomic E-state index is 0.0183. The summed E-state index contributed by atoms with van der Waals surface area (Å²) >= 11 is 0. The predicted octanol–water partition coefficient (Wildman–Crippen LogP) is 6.24. The number of unbranched alkanes of at least 4 members (excludes halogenated alkanes) is 5. The van der Waals surface area contributed by atoms with Crippen molar-refractivity contribution in [3.05, 3.63) is 59.7 Å². The fourth-order valence-electron chi connectivity index (χ4n) is 2.80. The maximum Gasteiger partial charge on any atom is 0.437 e. The lowest BCUT2D eigenvalue weighted by molar-refractivity contribution is -0.116. The molecule has 2 N–H and O–H groups in total. The van der Waals surface area contributed by atoms with Crippen molar-refractivity contribution >= 4 is 29.6 Å². The molecule has 166 valence electrons. The lowest BCUT2D eigenvalue weighted by Gasteiger charge is -2.07. The Morgan fingerprint density at radius 2 is 1.58 bits per heavy atom. The van der Waals surface area contributed by atoms with E-state index in [0.29, 0.717) is 23.9 Å². The second kappa shape index (κ2) is 13.1. The molecule has 0 atom stereocenters. The Balaban J connectivity index is 1.71. The Morgan fingerprint density at radius 3 is 2.26 bits per heavy atom. The monoisotopic (exact) mass is 431 g/mol. The first kappa shape index (κ1) is 24.0. The van der Waals surface area contributed by atoms with Crippen LogP contribution in [0.4, 0.5) is 25.0 Å². The molecule has 0 spiro atoms. The zero-order valence-electron chi connectivity index (χ0n) is 17.5. The van der Waals surface area contributed by atoms with Gasteiger partial charge in [0.25, 0.3) is 0 Å². The van der Waals surface area contributed by atoms with Crippen molar-refractivity contribution in [3.8, 4) is 0 Å². The van der Waals surface area contributed by atoms with Crippen LogP contribution in [0.3, 0.4) is 0 Å². The second-order valence-electron chi connectivity index (χ2n) is 7.05. The average molecular weight is 431 g/mol. The van der Waals surface area contributed by atoms with Crippen molar-refractivity contribution < 1.29 is 23.2 Å². The first-order valence-corrected chi connectivity index (χ1v) is 10.3. The zero-order valence-corrected chi connectivity index (χ0v) is 17.5. The first-order chi connectivity index (χ1) is 15.0. The molecule has 8 heteroatoms. The first-order valence-electron chi connectivity index (χ1n) is 10.3. The van der Waals surface area contributed by atoms with Gasteiger partial charge in [-0.05, 0) is 42.8 Å². The summed E-state index contributed by atoms with van der Waals surface area (Å²) in [5, 5.41) is 8.65. The smallest absolute Gasteiger partial charge is 0.326 e. The Bertz CT molecular complexity index is 886. The minimum atomic E-state index is -0.876. The molecular formula is C23H27F2N3O3. The summed E-state index contributed by atoms with van der Waals surface area (Å²) in [5.74, 6) is -1.57. The van der Waals surface area contributed by atoms with Gasteiger partial charge in [-0.1, -0.05) is 44.2 Å². The van der Waals surface area contributed by atoms with E-state index < -0.39 is 17.7 Å². The average Bonchev–Trinajstić information content (AvgIpc) is 2.73. The predicted molar refractivity (Wildman–Crippen MR) is 117 cm³/mol. The van der Waals surface area contributed by atoms with Crippen LogP contribution in [-0.4, -0.2) is 18.2 Å². The molecule has 0 heterocycles. The van der Waals surface area contributed by atoms with Crippen molar-refractivity contribution in [3.63, 3.8) is 0 Å². The third-order valence-corrected chi connectivity index (χ3v) is 4.46. The molecule has 0 saturated heterocycles. The molecule has 0 aliphatic heterocycles. The number of nitrogens with zero attached hydrogens (tertiary/aromatic N) is 1. The van der Waals surface area contributed by atoms with E-state index in [2.05, 4.69) is 27.6 Å². The Morgan fingerprint density at radius 1 is 0.935 bits per heavy atom. The van der Waals surface area contributed by atoms with Gasteiger partial charge in [0.05, 0.1) is 6.21 Å². The van der Waals surface area contributed by atoms with Gasteiger partial charge in [0.15, 0.2) is 0 Å². The molecule has 0 aromatic heterocycles. The van der Waals surface area contributed by atoms with Gasteiger partial charge in [-0.3, -0.25) is 14.9 Å². The number of benzene rings is 2. The van der Waals surface area contributed by atoms with Crippen LogP contribution in [0.15, 0.2) is 47.6 Å². The molecule has 0 aliphatic carbocycles. The summed E-state index contributed by atoms with van der Waals surface area (Å²) in [6.07, 6.45) is 7.29. The highest BCUT2D eigenvalue weighted by molar-refractivity contribution is 5.91. The summed E-state index contributed by atoms with van der Waals surface area (Å²) < 4.78 is 26.3. The SMILES string of the molecule is CCCCCCCCC(=O)Nc1ccc(NC(=O)ON=Cc2ccc(F)cc2F)cc1. The largest absolute Gasteiger partial charge is 0.437 e. The number of carbonyl (C=O) groups is 2. The van der Waals surface area contributed by atoms with Gasteiger partial charge in [-0.2, -0.15) is 0 Å². The van der Waals surface area contributed by atoms with Crippen LogP contribution < -0.4 is 10.6 Å². The molecule has 0 fully saturated rings. The van der Waals surface area contributed by atoms with Crippen LogP contribution >= 0.6 is 0 Å². The van der Waals surface area contributed by atoms with E-state index >= 15 is 0 Å². The van der Waals surface area contributed by atoms with E-state index in [1.54, 1.807) is 24.3 Å². The number of rotatable bonds is 11. The van der Waals surface area contributed by atoms with Crippen molar-refractivity contribution in [2.24, 2.45) is 5.16 Å². The number of halogens is 2. The van der Waals surface area contributed by atoms with Crippen LogP contribution in [0.2, 0.25) is 0 Å². The second-order valence-corrected chi connectivity index (χ2v) is 7.05. The molecule has 6 nitrogen and oxygen atoms in total. The number of nitrogens with one attached hydrogen (secondary N) is 2. The number of carbonyl (C=O) groups excluding carboxylic acids is 2. The number of hydrogen-bond donors (Lipinski definition) is 2. The maximum atomic E-state index is 13.5. The van der Waals surface area contributed by atoms with E-state index in [1.165, 1.54) is 25.3 Å². The van der Waals surface area contributed by atoms with Crippen LogP contribution in [0.1, 0.15) is 57.4 Å². The summed E-state index contributed by atoms with van der Waals surface area (Å²) in [6, 6.07) is 9.47. The lowest BCUT2D eigenvalue weighted by Crippen LogP contribution is -2.12. The Hall–Kier alpha value is -3.29. The van der Waals surface area contributed by atoms with Crippen LogP contribution in [-0.2, 0) is 9.63 Å². The third kappa shape index (κ3) is 9.37. The lowest BCUT2D eigenvalue weighted by atomic mass is 10.1. The fourth-order valence-corrected chi connectivity index (χ4v) is 2.80. The van der Waals surface area contributed by atoms with E-state index in [1.807, 2.05) is 0 Å². The topological polar surface area (TPSA) is 79.8 Å². The van der Waals surface area contributed by atoms with Crippen molar-refractivity contribution in [2.45, 2.75) is 51.9 Å². The van der Waals surface area contributed by atoms with Crippen molar-refractivity contribution in [1.82, 2.24) is 0 Å². The minimum Gasteiger partial charge on any atom is -0.326 e. The van der Waals surface area contributed by atoms with E-state index in [-0.39, 0.29) is 11.5 Å². The third-order valence-electron chi connectivity index (χ3n) is 4.46. The molecule has 2 aromatic carbocycles. The molecular weight excluding hydrogens is 404 g/mol. The normalized spacial score (nSPS) is 10.8. The number of oxime groups is 1. The number of hydrogen-bond acceptors (Lipinski definition) is 4. The van der Waals surface area contributed by atoms with Gasteiger partial charge in [-0.15, -0.1) is 0 Å². The van der Waals surface area contributed by atoms with Gasteiger partial charge in [-0.25, -0.2) is 13.6 Å². The standard InChI is InChI=1S/C23H27F2N3O3/c1-2-3-4-5-6-7-8-22(29)27-19-11-13-20(14-12-19)28-23(30)31-26-16-17-9-10-18(24)15-21(17)25/h9-16H,2-8H2,1H3,(H,27,29)(H,28,30). The van der Waals surface area contributed by atoms with Gasteiger partial charge >= 0.3 is 6.09 Å². The molecule has 0 saturated carbocycles.